The van der Waals surface area contributed by atoms with Gasteiger partial charge in [-0.15, -0.1) is 0 Å². The first-order valence-electron chi connectivity index (χ1n) is 11.9. The van der Waals surface area contributed by atoms with Gasteiger partial charge in [-0.3, -0.25) is 24.3 Å². The number of Topliss-reactive ketones (excluding diaryl/α,β-unsaturated/α-hetero) is 1. The maximum atomic E-state index is 13.3. The molecule has 1 saturated heterocycles. The fourth-order valence-electron chi connectivity index (χ4n) is 3.79. The monoisotopic (exact) mass is 500 g/mol. The van der Waals surface area contributed by atoms with Crippen LogP contribution in [-0.4, -0.2) is 44.4 Å². The fraction of sp³-hybridized carbons (Fsp3) is 0.250. The van der Waals surface area contributed by atoms with Crippen LogP contribution in [0.3, 0.4) is 0 Å². The highest BCUT2D eigenvalue weighted by Gasteiger charge is 2.39. The van der Waals surface area contributed by atoms with Crippen LogP contribution in [0.5, 0.6) is 0 Å². The molecule has 1 aliphatic heterocycles. The number of benzene rings is 2. The molecule has 0 radical (unpaired) electrons. The molecule has 1 fully saturated rings. The van der Waals surface area contributed by atoms with Crippen LogP contribution in [0.4, 0.5) is 11.4 Å². The van der Waals surface area contributed by atoms with E-state index in [9.17, 15) is 14.4 Å². The first-order valence-corrected chi connectivity index (χ1v) is 12.8. The predicted octanol–water partition coefficient (Wildman–Crippen LogP) is 5.05. The first-order chi connectivity index (χ1) is 17.4. The Kier molecular flexibility index (Phi) is 8.28. The molecule has 1 aliphatic rings. The van der Waals surface area contributed by atoms with E-state index >= 15 is 0 Å². The third kappa shape index (κ3) is 6.46. The topological polar surface area (TPSA) is 91.7 Å². The second kappa shape index (κ2) is 11.8. The second-order valence-corrected chi connectivity index (χ2v) is 9.64. The molecule has 1 N–H and O–H groups in total. The molecule has 0 unspecified atom stereocenters. The molecule has 0 aliphatic carbocycles. The number of nitrogens with zero attached hydrogens (tertiary/aromatic N) is 3. The average Bonchev–Trinajstić information content (AvgIpc) is 3.17. The van der Waals surface area contributed by atoms with E-state index in [0.717, 1.165) is 17.8 Å². The number of thioether (sulfide) groups is 1. The number of nitrogens with one attached hydrogen (secondary N) is 1. The number of hydrogen-bond acceptors (Lipinski definition) is 6. The minimum atomic E-state index is -0.570. The van der Waals surface area contributed by atoms with E-state index < -0.39 is 5.25 Å². The maximum absolute atomic E-state index is 13.3. The first kappa shape index (κ1) is 25.3. The van der Waals surface area contributed by atoms with Crippen LogP contribution in [0.25, 0.3) is 0 Å². The van der Waals surface area contributed by atoms with Crippen LogP contribution in [-0.2, 0) is 22.4 Å². The van der Waals surface area contributed by atoms with E-state index in [2.05, 4.69) is 17.2 Å². The molecule has 7 nitrogen and oxygen atoms in total. The van der Waals surface area contributed by atoms with Crippen LogP contribution in [0.2, 0.25) is 0 Å². The lowest BCUT2D eigenvalue weighted by atomic mass is 10.1. The number of hydrogen-bond donors (Lipinski definition) is 1. The van der Waals surface area contributed by atoms with Gasteiger partial charge in [0.15, 0.2) is 11.0 Å². The lowest BCUT2D eigenvalue weighted by Crippen LogP contribution is -2.35. The summed E-state index contributed by atoms with van der Waals surface area (Å²) in [5.74, 6) is -0.445. The lowest BCUT2D eigenvalue weighted by Gasteiger charge is -2.16. The molecule has 8 heteroatoms. The summed E-state index contributed by atoms with van der Waals surface area (Å²) in [4.78, 5) is 48.3. The van der Waals surface area contributed by atoms with E-state index in [1.54, 1.807) is 35.4 Å². The Hall–Kier alpha value is -3.78. The van der Waals surface area contributed by atoms with Crippen LogP contribution in [0, 0.1) is 0 Å². The van der Waals surface area contributed by atoms with Crippen molar-refractivity contribution in [2.45, 2.75) is 38.4 Å². The summed E-state index contributed by atoms with van der Waals surface area (Å²) in [6.07, 6.45) is 3.28. The average molecular weight is 501 g/mol. The van der Waals surface area contributed by atoms with E-state index in [1.807, 2.05) is 42.5 Å². The van der Waals surface area contributed by atoms with Crippen molar-refractivity contribution < 1.29 is 14.4 Å². The predicted molar refractivity (Wildman–Crippen MR) is 144 cm³/mol. The molecule has 1 atom stereocenters. The maximum Gasteiger partial charge on any atom is 0.242 e. The van der Waals surface area contributed by atoms with Gasteiger partial charge >= 0.3 is 0 Å². The Labute approximate surface area is 215 Å². The Morgan fingerprint density at radius 1 is 1.06 bits per heavy atom. The van der Waals surface area contributed by atoms with Crippen molar-refractivity contribution in [1.82, 2.24) is 9.88 Å². The van der Waals surface area contributed by atoms with Gasteiger partial charge in [0.25, 0.3) is 0 Å². The van der Waals surface area contributed by atoms with Crippen LogP contribution < -0.4 is 5.32 Å². The number of aliphatic imine (C=N–C) groups is 1. The Bertz CT molecular complexity index is 1260. The number of ketones is 1. The fourth-order valence-corrected chi connectivity index (χ4v) is 4.97. The van der Waals surface area contributed by atoms with Crippen LogP contribution >= 0.6 is 11.8 Å². The summed E-state index contributed by atoms with van der Waals surface area (Å²) in [7, 11) is 0. The van der Waals surface area contributed by atoms with E-state index in [1.165, 1.54) is 24.2 Å². The zero-order chi connectivity index (χ0) is 25.5. The largest absolute Gasteiger partial charge is 0.326 e. The lowest BCUT2D eigenvalue weighted by molar-refractivity contribution is -0.128. The number of amidine groups is 1. The molecule has 1 aromatic heterocycles. The summed E-state index contributed by atoms with van der Waals surface area (Å²) in [6, 6.07) is 20.4. The van der Waals surface area contributed by atoms with Crippen molar-refractivity contribution in [3.05, 3.63) is 89.7 Å². The van der Waals surface area contributed by atoms with Crippen molar-refractivity contribution in [3.8, 4) is 0 Å². The molecule has 0 bridgehead atoms. The van der Waals surface area contributed by atoms with Gasteiger partial charge in [-0.2, -0.15) is 0 Å². The summed E-state index contributed by atoms with van der Waals surface area (Å²) in [5, 5.41) is 2.84. The van der Waals surface area contributed by atoms with E-state index in [0.29, 0.717) is 29.4 Å². The molecule has 4 rings (SSSR count). The van der Waals surface area contributed by atoms with Gasteiger partial charge in [0, 0.05) is 42.5 Å². The molecular formula is C28H28N4O3S. The Morgan fingerprint density at radius 2 is 1.81 bits per heavy atom. The zero-order valence-corrected chi connectivity index (χ0v) is 21.1. The number of carbonyl (C=O) groups excluding carboxylic acids is 3. The summed E-state index contributed by atoms with van der Waals surface area (Å²) in [6.45, 7) is 4.02. The van der Waals surface area contributed by atoms with E-state index in [4.69, 9.17) is 4.99 Å². The van der Waals surface area contributed by atoms with Gasteiger partial charge in [0.2, 0.25) is 11.8 Å². The number of carbonyl (C=O) groups is 3. The molecular weight excluding hydrogens is 472 g/mol. The molecule has 184 valence electrons. The molecule has 0 saturated carbocycles. The highest BCUT2D eigenvalue weighted by atomic mass is 32.2. The Balaban J connectivity index is 1.48. The van der Waals surface area contributed by atoms with Crippen molar-refractivity contribution in [2.24, 2.45) is 4.99 Å². The van der Waals surface area contributed by atoms with Gasteiger partial charge in [-0.25, -0.2) is 4.99 Å². The highest BCUT2D eigenvalue weighted by Crippen LogP contribution is 2.32. The number of rotatable bonds is 9. The minimum absolute atomic E-state index is 0.0197. The number of amides is 2. The zero-order valence-electron chi connectivity index (χ0n) is 20.3. The third-order valence-corrected chi connectivity index (χ3v) is 7.03. The van der Waals surface area contributed by atoms with Crippen LogP contribution in [0.15, 0.2) is 77.9 Å². The van der Waals surface area contributed by atoms with Gasteiger partial charge in [-0.1, -0.05) is 36.9 Å². The van der Waals surface area contributed by atoms with Crippen molar-refractivity contribution in [3.63, 3.8) is 0 Å². The highest BCUT2D eigenvalue weighted by molar-refractivity contribution is 8.15. The molecule has 2 aromatic carbocycles. The summed E-state index contributed by atoms with van der Waals surface area (Å²) in [5.41, 5.74) is 4.02. The van der Waals surface area contributed by atoms with Gasteiger partial charge in [-0.05, 0) is 67.4 Å². The van der Waals surface area contributed by atoms with Gasteiger partial charge in [0.05, 0.1) is 5.69 Å². The van der Waals surface area contributed by atoms with Gasteiger partial charge < -0.3 is 5.32 Å². The van der Waals surface area contributed by atoms with Crippen molar-refractivity contribution in [1.29, 1.82) is 0 Å². The summed E-state index contributed by atoms with van der Waals surface area (Å²) >= 11 is 1.31. The number of aromatic nitrogens is 1. The minimum Gasteiger partial charge on any atom is -0.326 e. The number of pyridine rings is 1. The summed E-state index contributed by atoms with van der Waals surface area (Å²) < 4.78 is 0. The van der Waals surface area contributed by atoms with Crippen LogP contribution in [0.1, 0.15) is 41.9 Å². The quantitative estimate of drug-likeness (QED) is 0.415. The second-order valence-electron chi connectivity index (χ2n) is 8.47. The van der Waals surface area contributed by atoms with Gasteiger partial charge in [0.1, 0.15) is 5.25 Å². The number of anilines is 1. The molecule has 0 spiro atoms. The number of aryl methyl sites for hydroxylation is 1. The Morgan fingerprint density at radius 3 is 2.44 bits per heavy atom. The SMILES string of the molecule is CCc1ccc(N=C2S[C@@H](CC(=O)Nc3ccc(C(C)=O)cc3)C(=O)N2CCc2ccccn2)cc1. The normalized spacial score (nSPS) is 16.4. The van der Waals surface area contributed by atoms with Crippen molar-refractivity contribution >= 4 is 45.9 Å². The standard InChI is InChI=1S/C28H28N4O3S/c1-3-20-7-11-24(12-8-20)31-28-32(17-15-22-6-4-5-16-29-22)27(35)25(36-28)18-26(34)30-23-13-9-21(10-14-23)19(2)33/h4-14,16,25H,3,15,17-18H2,1-2H3,(H,30,34)/t25-/m0/s1. The van der Waals surface area contributed by atoms with E-state index in [-0.39, 0.29) is 24.0 Å². The molecule has 3 aromatic rings. The molecule has 36 heavy (non-hydrogen) atoms. The molecule has 2 heterocycles. The third-order valence-electron chi connectivity index (χ3n) is 5.85. The molecule has 2 amide bonds. The van der Waals surface area contributed by atoms with Crippen molar-refractivity contribution in [2.75, 3.05) is 11.9 Å². The smallest absolute Gasteiger partial charge is 0.242 e.